The zero-order chi connectivity index (χ0) is 14.3. The highest BCUT2D eigenvalue weighted by atomic mass is 35.5. The van der Waals surface area contributed by atoms with Crippen molar-refractivity contribution in [2.45, 2.75) is 6.18 Å². The van der Waals surface area contributed by atoms with Gasteiger partial charge in [0.1, 0.15) is 5.65 Å². The van der Waals surface area contributed by atoms with Crippen molar-refractivity contribution in [3.8, 4) is 11.3 Å². The van der Waals surface area contributed by atoms with Crippen LogP contribution >= 0.6 is 11.6 Å². The molecular formula is C14H8ClF3N2. The third kappa shape index (κ3) is 2.36. The summed E-state index contributed by atoms with van der Waals surface area (Å²) in [7, 11) is 0. The predicted molar refractivity (Wildman–Crippen MR) is 70.6 cm³/mol. The number of hydrogen-bond donors (Lipinski definition) is 0. The predicted octanol–water partition coefficient (Wildman–Crippen LogP) is 4.67. The molecule has 3 aromatic rings. The van der Waals surface area contributed by atoms with Crippen LogP contribution in [0.1, 0.15) is 5.56 Å². The molecule has 0 aliphatic heterocycles. The second-order valence-electron chi connectivity index (χ2n) is 4.32. The van der Waals surface area contributed by atoms with Gasteiger partial charge in [-0.2, -0.15) is 13.2 Å². The van der Waals surface area contributed by atoms with E-state index in [1.54, 1.807) is 30.5 Å². The molecule has 0 radical (unpaired) electrons. The quantitative estimate of drug-likeness (QED) is 0.637. The summed E-state index contributed by atoms with van der Waals surface area (Å²) in [5, 5.41) is 0.551. The molecule has 0 bridgehead atoms. The molecule has 2 aromatic heterocycles. The minimum atomic E-state index is -4.37. The van der Waals surface area contributed by atoms with Crippen molar-refractivity contribution in [3.05, 3.63) is 59.4 Å². The van der Waals surface area contributed by atoms with Crippen LogP contribution in [0.3, 0.4) is 0 Å². The number of alkyl halides is 3. The lowest BCUT2D eigenvalue weighted by atomic mass is 10.2. The first-order valence-corrected chi connectivity index (χ1v) is 6.13. The van der Waals surface area contributed by atoms with Gasteiger partial charge >= 0.3 is 6.18 Å². The standard InChI is InChI=1S/C14H8ClF3N2/c15-11-3-1-2-9(6-11)12-8-20-7-10(14(16,17)18)4-5-13(20)19-12/h1-8H. The number of benzene rings is 1. The maximum atomic E-state index is 12.6. The number of rotatable bonds is 1. The van der Waals surface area contributed by atoms with E-state index in [0.29, 0.717) is 16.4 Å². The molecule has 2 nitrogen and oxygen atoms in total. The van der Waals surface area contributed by atoms with Crippen LogP contribution in [0, 0.1) is 0 Å². The molecule has 1 aromatic carbocycles. The number of nitrogens with zero attached hydrogens (tertiary/aromatic N) is 2. The molecule has 0 aliphatic rings. The Morgan fingerprint density at radius 3 is 2.55 bits per heavy atom. The fourth-order valence-electron chi connectivity index (χ4n) is 1.95. The first-order valence-electron chi connectivity index (χ1n) is 5.75. The number of fused-ring (bicyclic) bond motifs is 1. The number of aromatic nitrogens is 2. The lowest BCUT2D eigenvalue weighted by Crippen LogP contribution is -2.05. The van der Waals surface area contributed by atoms with Gasteiger partial charge in [0, 0.05) is 23.0 Å². The lowest BCUT2D eigenvalue weighted by Gasteiger charge is -2.05. The van der Waals surface area contributed by atoms with Crippen molar-refractivity contribution in [2.75, 3.05) is 0 Å². The molecule has 0 fully saturated rings. The van der Waals surface area contributed by atoms with Gasteiger partial charge in [0.15, 0.2) is 0 Å². The summed E-state index contributed by atoms with van der Waals surface area (Å²) in [4.78, 5) is 4.28. The molecule has 0 N–H and O–H groups in total. The summed E-state index contributed by atoms with van der Waals surface area (Å²) in [6, 6.07) is 9.37. The Bertz CT molecular complexity index is 777. The Labute approximate surface area is 117 Å². The van der Waals surface area contributed by atoms with Gasteiger partial charge in [-0.1, -0.05) is 23.7 Å². The molecule has 102 valence electrons. The van der Waals surface area contributed by atoms with Gasteiger partial charge in [-0.15, -0.1) is 0 Å². The van der Waals surface area contributed by atoms with E-state index in [1.807, 2.05) is 0 Å². The summed E-state index contributed by atoms with van der Waals surface area (Å²) in [6.45, 7) is 0. The van der Waals surface area contributed by atoms with Gasteiger partial charge in [0.2, 0.25) is 0 Å². The van der Waals surface area contributed by atoms with Crippen LogP contribution in [-0.2, 0) is 6.18 Å². The Hall–Kier alpha value is -2.01. The molecule has 0 saturated carbocycles. The Morgan fingerprint density at radius 2 is 1.85 bits per heavy atom. The summed E-state index contributed by atoms with van der Waals surface area (Å²) >= 11 is 5.90. The van der Waals surface area contributed by atoms with E-state index in [0.717, 1.165) is 17.8 Å². The van der Waals surface area contributed by atoms with Crippen molar-refractivity contribution in [3.63, 3.8) is 0 Å². The first kappa shape index (κ1) is 13.0. The van der Waals surface area contributed by atoms with Gasteiger partial charge < -0.3 is 4.40 Å². The molecule has 0 amide bonds. The van der Waals surface area contributed by atoms with Crippen LogP contribution < -0.4 is 0 Å². The topological polar surface area (TPSA) is 17.3 Å². The fraction of sp³-hybridized carbons (Fsp3) is 0.0714. The molecule has 0 atom stereocenters. The van der Waals surface area contributed by atoms with Gasteiger partial charge in [-0.25, -0.2) is 4.98 Å². The van der Waals surface area contributed by atoms with E-state index in [2.05, 4.69) is 4.98 Å². The van der Waals surface area contributed by atoms with E-state index in [4.69, 9.17) is 11.6 Å². The van der Waals surface area contributed by atoms with Gasteiger partial charge in [0.05, 0.1) is 11.3 Å². The highest BCUT2D eigenvalue weighted by Crippen LogP contribution is 2.30. The molecule has 0 aliphatic carbocycles. The van der Waals surface area contributed by atoms with Gasteiger partial charge in [-0.05, 0) is 24.3 Å². The Kier molecular flexibility index (Phi) is 2.94. The van der Waals surface area contributed by atoms with Crippen molar-refractivity contribution < 1.29 is 13.2 Å². The molecule has 0 spiro atoms. The first-order chi connectivity index (χ1) is 9.43. The van der Waals surface area contributed by atoms with Gasteiger partial charge in [-0.3, -0.25) is 0 Å². The zero-order valence-corrected chi connectivity index (χ0v) is 10.8. The highest BCUT2D eigenvalue weighted by Gasteiger charge is 2.30. The molecule has 20 heavy (non-hydrogen) atoms. The zero-order valence-electron chi connectivity index (χ0n) is 10.0. The molecule has 2 heterocycles. The summed E-state index contributed by atoms with van der Waals surface area (Å²) in [5.74, 6) is 0. The van der Waals surface area contributed by atoms with Gasteiger partial charge in [0.25, 0.3) is 0 Å². The second-order valence-corrected chi connectivity index (χ2v) is 4.75. The average molecular weight is 297 g/mol. The van der Waals surface area contributed by atoms with Crippen LogP contribution in [-0.4, -0.2) is 9.38 Å². The van der Waals surface area contributed by atoms with Crippen molar-refractivity contribution in [1.82, 2.24) is 9.38 Å². The van der Waals surface area contributed by atoms with Crippen LogP contribution in [0.25, 0.3) is 16.9 Å². The highest BCUT2D eigenvalue weighted by molar-refractivity contribution is 6.30. The summed E-state index contributed by atoms with van der Waals surface area (Å²) < 4.78 is 39.3. The largest absolute Gasteiger partial charge is 0.417 e. The third-order valence-electron chi connectivity index (χ3n) is 2.90. The monoisotopic (exact) mass is 296 g/mol. The number of halogens is 4. The third-order valence-corrected chi connectivity index (χ3v) is 3.13. The van der Waals surface area contributed by atoms with Crippen molar-refractivity contribution in [2.24, 2.45) is 0 Å². The maximum Gasteiger partial charge on any atom is 0.417 e. The summed E-state index contributed by atoms with van der Waals surface area (Å²) in [5.41, 5.74) is 1.08. The maximum absolute atomic E-state index is 12.6. The number of imidazole rings is 1. The molecule has 0 saturated heterocycles. The van der Waals surface area contributed by atoms with Crippen LogP contribution in [0.4, 0.5) is 13.2 Å². The van der Waals surface area contributed by atoms with Crippen molar-refractivity contribution in [1.29, 1.82) is 0 Å². The van der Waals surface area contributed by atoms with E-state index >= 15 is 0 Å². The van der Waals surface area contributed by atoms with Crippen LogP contribution in [0.5, 0.6) is 0 Å². The fourth-order valence-corrected chi connectivity index (χ4v) is 2.14. The minimum Gasteiger partial charge on any atom is -0.306 e. The lowest BCUT2D eigenvalue weighted by molar-refractivity contribution is -0.137. The number of pyridine rings is 1. The average Bonchev–Trinajstić information content (AvgIpc) is 2.80. The Balaban J connectivity index is 2.11. The second kappa shape index (κ2) is 4.52. The van der Waals surface area contributed by atoms with E-state index in [-0.39, 0.29) is 0 Å². The van der Waals surface area contributed by atoms with Crippen LogP contribution in [0.15, 0.2) is 48.8 Å². The smallest absolute Gasteiger partial charge is 0.306 e. The summed E-state index contributed by atoms with van der Waals surface area (Å²) in [6.07, 6.45) is -1.79. The number of hydrogen-bond acceptors (Lipinski definition) is 1. The SMILES string of the molecule is FC(F)(F)c1ccc2nc(-c3cccc(Cl)c3)cn2c1. The molecular weight excluding hydrogens is 289 g/mol. The minimum absolute atomic E-state index is 0.452. The Morgan fingerprint density at radius 1 is 1.05 bits per heavy atom. The molecule has 6 heteroatoms. The van der Waals surface area contributed by atoms with Crippen LogP contribution in [0.2, 0.25) is 5.02 Å². The van der Waals surface area contributed by atoms with E-state index in [1.165, 1.54) is 10.5 Å². The molecule has 3 rings (SSSR count). The van der Waals surface area contributed by atoms with E-state index in [9.17, 15) is 13.2 Å². The molecule has 0 unspecified atom stereocenters. The van der Waals surface area contributed by atoms with Crippen molar-refractivity contribution >= 4 is 17.2 Å². The normalized spacial score (nSPS) is 12.0. The van der Waals surface area contributed by atoms with E-state index < -0.39 is 11.7 Å².